The highest BCUT2D eigenvalue weighted by molar-refractivity contribution is 9.10. The second-order valence-corrected chi connectivity index (χ2v) is 9.26. The molecule has 1 saturated heterocycles. The van der Waals surface area contributed by atoms with Crippen LogP contribution in [-0.2, 0) is 11.3 Å². The van der Waals surface area contributed by atoms with Gasteiger partial charge in [-0.2, -0.15) is 0 Å². The van der Waals surface area contributed by atoms with E-state index in [1.807, 2.05) is 60.8 Å². The predicted molar refractivity (Wildman–Crippen MR) is 132 cm³/mol. The lowest BCUT2D eigenvalue weighted by Gasteiger charge is -2.05. The normalized spacial score (nSPS) is 16.2. The van der Waals surface area contributed by atoms with Crippen LogP contribution in [0.5, 0.6) is 0 Å². The Morgan fingerprint density at radius 3 is 2.56 bits per heavy atom. The molecule has 4 nitrogen and oxygen atoms in total. The van der Waals surface area contributed by atoms with E-state index in [0.717, 1.165) is 32.2 Å². The monoisotopic (exact) mass is 505 g/mol. The number of nitrogens with zero attached hydrogens (tertiary/aromatic N) is 2. The van der Waals surface area contributed by atoms with Gasteiger partial charge in [0.2, 0.25) is 0 Å². The van der Waals surface area contributed by atoms with Crippen molar-refractivity contribution in [2.75, 3.05) is 0 Å². The number of rotatable bonds is 4. The highest BCUT2D eigenvalue weighted by Gasteiger charge is 2.24. The molecule has 0 unspecified atom stereocenters. The summed E-state index contributed by atoms with van der Waals surface area (Å²) in [6.07, 6.45) is 3.92. The number of amidine groups is 1. The maximum Gasteiger partial charge on any atom is 0.264 e. The molecular formula is C25H17BrFN3OS. The number of hydrogen-bond acceptors (Lipinski definition) is 3. The number of hydrogen-bond donors (Lipinski definition) is 1. The second-order valence-electron chi connectivity index (χ2n) is 7.31. The molecule has 0 radical (unpaired) electrons. The van der Waals surface area contributed by atoms with Crippen molar-refractivity contribution in [1.29, 1.82) is 0 Å². The molecule has 0 spiro atoms. The van der Waals surface area contributed by atoms with Crippen LogP contribution in [0.2, 0.25) is 0 Å². The average molecular weight is 506 g/mol. The Balaban J connectivity index is 1.46. The minimum atomic E-state index is -0.249. The standard InChI is InChI=1S/C25H17BrFN3OS/c26-18-7-11-20(12-8-18)28-25-29-24(31)23(32-25)13-17-15-30(22-4-2-1-3-21(17)22)14-16-5-9-19(27)10-6-16/h1-13,15H,14H2,(H,28,29,31)/b23-13-. The SMILES string of the molecule is O=C1NC(=Nc2ccc(Br)cc2)S/C1=C\c1cn(Cc2ccc(F)cc2)c2ccccc12. The zero-order valence-corrected chi connectivity index (χ0v) is 19.2. The molecule has 7 heteroatoms. The van der Waals surface area contributed by atoms with Crippen molar-refractivity contribution in [1.82, 2.24) is 9.88 Å². The number of nitrogens with one attached hydrogen (secondary N) is 1. The fraction of sp³-hybridized carbons (Fsp3) is 0.0400. The Kier molecular flexibility index (Phi) is 5.68. The van der Waals surface area contributed by atoms with Gasteiger partial charge in [-0.15, -0.1) is 0 Å². The van der Waals surface area contributed by atoms with Gasteiger partial charge in [0.05, 0.1) is 10.6 Å². The van der Waals surface area contributed by atoms with E-state index in [0.29, 0.717) is 16.6 Å². The van der Waals surface area contributed by atoms with Gasteiger partial charge in [0.25, 0.3) is 5.91 Å². The van der Waals surface area contributed by atoms with Gasteiger partial charge in [-0.25, -0.2) is 9.38 Å². The van der Waals surface area contributed by atoms with Gasteiger partial charge in [-0.05, 0) is 65.9 Å². The first kappa shape index (κ1) is 20.7. The van der Waals surface area contributed by atoms with E-state index in [9.17, 15) is 9.18 Å². The summed E-state index contributed by atoms with van der Waals surface area (Å²) >= 11 is 4.73. The number of carbonyl (C=O) groups is 1. The molecule has 1 N–H and O–H groups in total. The van der Waals surface area contributed by atoms with Crippen LogP contribution in [0.4, 0.5) is 10.1 Å². The van der Waals surface area contributed by atoms with Crippen molar-refractivity contribution in [3.05, 3.63) is 105 Å². The maximum atomic E-state index is 13.3. The average Bonchev–Trinajstić information content (AvgIpc) is 3.31. The van der Waals surface area contributed by atoms with Gasteiger partial charge in [-0.3, -0.25) is 4.79 Å². The summed E-state index contributed by atoms with van der Waals surface area (Å²) in [6.45, 7) is 0.611. The topological polar surface area (TPSA) is 46.4 Å². The number of thioether (sulfide) groups is 1. The third-order valence-corrected chi connectivity index (χ3v) is 6.52. The van der Waals surface area contributed by atoms with E-state index in [1.165, 1.54) is 23.9 Å². The third-order valence-electron chi connectivity index (χ3n) is 5.08. The molecule has 2 heterocycles. The number of amides is 1. The van der Waals surface area contributed by atoms with Gasteiger partial charge in [-0.1, -0.05) is 46.3 Å². The first-order valence-corrected chi connectivity index (χ1v) is 11.5. The number of aliphatic imine (C=N–C) groups is 1. The lowest BCUT2D eigenvalue weighted by atomic mass is 10.1. The van der Waals surface area contributed by atoms with E-state index in [2.05, 4.69) is 30.8 Å². The lowest BCUT2D eigenvalue weighted by Crippen LogP contribution is -2.19. The molecule has 0 aliphatic carbocycles. The van der Waals surface area contributed by atoms with Crippen LogP contribution >= 0.6 is 27.7 Å². The highest BCUT2D eigenvalue weighted by Crippen LogP contribution is 2.31. The van der Waals surface area contributed by atoms with E-state index in [1.54, 1.807) is 12.1 Å². The summed E-state index contributed by atoms with van der Waals surface area (Å²) in [5.41, 5.74) is 3.78. The van der Waals surface area contributed by atoms with Crippen LogP contribution in [0.3, 0.4) is 0 Å². The molecule has 0 atom stereocenters. The van der Waals surface area contributed by atoms with Crippen LogP contribution < -0.4 is 5.32 Å². The first-order valence-electron chi connectivity index (χ1n) is 9.93. The van der Waals surface area contributed by atoms with Crippen molar-refractivity contribution in [3.63, 3.8) is 0 Å². The van der Waals surface area contributed by atoms with Gasteiger partial charge in [0, 0.05) is 33.7 Å². The molecule has 1 fully saturated rings. The van der Waals surface area contributed by atoms with Crippen LogP contribution in [0, 0.1) is 5.82 Å². The number of aromatic nitrogens is 1. The molecule has 0 bridgehead atoms. The Labute approximate surface area is 197 Å². The zero-order valence-electron chi connectivity index (χ0n) is 16.8. The Morgan fingerprint density at radius 1 is 1.03 bits per heavy atom. The summed E-state index contributed by atoms with van der Waals surface area (Å²) in [5, 5.41) is 4.44. The molecule has 1 aliphatic rings. The molecule has 0 saturated carbocycles. The molecule has 4 aromatic rings. The molecule has 1 aliphatic heterocycles. The third kappa shape index (κ3) is 4.40. The Morgan fingerprint density at radius 2 is 1.78 bits per heavy atom. The van der Waals surface area contributed by atoms with E-state index < -0.39 is 0 Å². The minimum absolute atomic E-state index is 0.166. The second kappa shape index (κ2) is 8.76. The van der Waals surface area contributed by atoms with Crippen molar-refractivity contribution >= 4 is 61.4 Å². The number of fused-ring (bicyclic) bond motifs is 1. The molecule has 1 aromatic heterocycles. The molecule has 5 rings (SSSR count). The van der Waals surface area contributed by atoms with Crippen LogP contribution in [0.15, 0.2) is 93.4 Å². The minimum Gasteiger partial charge on any atom is -0.342 e. The van der Waals surface area contributed by atoms with Gasteiger partial charge in [0.15, 0.2) is 5.17 Å². The van der Waals surface area contributed by atoms with Crippen molar-refractivity contribution in [3.8, 4) is 0 Å². The number of halogens is 2. The number of carbonyl (C=O) groups excluding carboxylic acids is 1. The van der Waals surface area contributed by atoms with Crippen molar-refractivity contribution < 1.29 is 9.18 Å². The number of benzene rings is 3. The summed E-state index contributed by atoms with van der Waals surface area (Å²) in [4.78, 5) is 17.7. The smallest absolute Gasteiger partial charge is 0.264 e. The molecule has 158 valence electrons. The molecule has 3 aromatic carbocycles. The Hall–Kier alpha value is -3.16. The fourth-order valence-corrected chi connectivity index (χ4v) is 4.66. The predicted octanol–water partition coefficient (Wildman–Crippen LogP) is 6.48. The van der Waals surface area contributed by atoms with Crippen LogP contribution in [0.25, 0.3) is 17.0 Å². The van der Waals surface area contributed by atoms with Crippen molar-refractivity contribution in [2.24, 2.45) is 4.99 Å². The zero-order chi connectivity index (χ0) is 22.1. The van der Waals surface area contributed by atoms with Crippen molar-refractivity contribution in [2.45, 2.75) is 6.54 Å². The summed E-state index contributed by atoms with van der Waals surface area (Å²) in [6, 6.07) is 22.1. The molecule has 32 heavy (non-hydrogen) atoms. The lowest BCUT2D eigenvalue weighted by molar-refractivity contribution is -0.115. The number of para-hydroxylation sites is 1. The van der Waals surface area contributed by atoms with E-state index >= 15 is 0 Å². The van der Waals surface area contributed by atoms with E-state index in [4.69, 9.17) is 0 Å². The first-order chi connectivity index (χ1) is 15.5. The van der Waals surface area contributed by atoms with Gasteiger partial charge in [0.1, 0.15) is 5.82 Å². The van der Waals surface area contributed by atoms with E-state index in [-0.39, 0.29) is 11.7 Å². The summed E-state index contributed by atoms with van der Waals surface area (Å²) in [5.74, 6) is -0.414. The van der Waals surface area contributed by atoms with Crippen LogP contribution in [-0.4, -0.2) is 15.6 Å². The summed E-state index contributed by atoms with van der Waals surface area (Å²) < 4.78 is 16.4. The quantitative estimate of drug-likeness (QED) is 0.322. The molecule has 1 amide bonds. The van der Waals surface area contributed by atoms with Crippen LogP contribution in [0.1, 0.15) is 11.1 Å². The van der Waals surface area contributed by atoms with Gasteiger partial charge >= 0.3 is 0 Å². The molecular weight excluding hydrogens is 489 g/mol. The largest absolute Gasteiger partial charge is 0.342 e. The summed E-state index contributed by atoms with van der Waals surface area (Å²) in [7, 11) is 0. The Bertz CT molecular complexity index is 1370. The highest BCUT2D eigenvalue weighted by atomic mass is 79.9. The maximum absolute atomic E-state index is 13.3. The van der Waals surface area contributed by atoms with Gasteiger partial charge < -0.3 is 9.88 Å². The fourth-order valence-electron chi connectivity index (χ4n) is 3.56.